The number of esters is 1. The Hall–Kier alpha value is -3.08. The van der Waals surface area contributed by atoms with Crippen LogP contribution in [-0.4, -0.2) is 19.7 Å². The lowest BCUT2D eigenvalue weighted by Gasteiger charge is -2.11. The molecule has 7 heteroatoms. The number of methoxy groups -OCH3 is 1. The topological polar surface area (TPSA) is 68.5 Å². The van der Waals surface area contributed by atoms with E-state index in [0.29, 0.717) is 17.1 Å². The zero-order valence-electron chi connectivity index (χ0n) is 16.5. The summed E-state index contributed by atoms with van der Waals surface area (Å²) >= 11 is 6.74. The SMILES string of the molecule is COc1cc(/C=C(\C#N)c2ccccc2)ccc1OC(=O)COc1ccc(Br)cc1Br. The van der Waals surface area contributed by atoms with Crippen LogP contribution in [0.15, 0.2) is 75.7 Å². The highest BCUT2D eigenvalue weighted by Gasteiger charge is 2.13. The summed E-state index contributed by atoms with van der Waals surface area (Å²) in [5.41, 5.74) is 2.07. The lowest BCUT2D eigenvalue weighted by Crippen LogP contribution is -2.18. The third-order valence-electron chi connectivity index (χ3n) is 4.17. The maximum Gasteiger partial charge on any atom is 0.349 e. The fourth-order valence-electron chi connectivity index (χ4n) is 2.70. The average Bonchev–Trinajstić information content (AvgIpc) is 2.78. The molecule has 5 nitrogen and oxygen atoms in total. The number of carbonyl (C=O) groups is 1. The molecule has 3 aromatic rings. The van der Waals surface area contributed by atoms with Gasteiger partial charge in [0.05, 0.1) is 23.2 Å². The maximum absolute atomic E-state index is 12.2. The van der Waals surface area contributed by atoms with E-state index < -0.39 is 5.97 Å². The van der Waals surface area contributed by atoms with Crippen molar-refractivity contribution < 1.29 is 19.0 Å². The number of hydrogen-bond donors (Lipinski definition) is 0. The molecule has 3 aromatic carbocycles. The first-order chi connectivity index (χ1) is 15.0. The number of allylic oxidation sites excluding steroid dienone is 1. The van der Waals surface area contributed by atoms with Crippen LogP contribution in [-0.2, 0) is 4.79 Å². The number of nitrogens with zero attached hydrogens (tertiary/aromatic N) is 1. The molecule has 3 rings (SSSR count). The Morgan fingerprint density at radius 3 is 2.42 bits per heavy atom. The smallest absolute Gasteiger partial charge is 0.349 e. The van der Waals surface area contributed by atoms with Gasteiger partial charge in [-0.15, -0.1) is 0 Å². The lowest BCUT2D eigenvalue weighted by atomic mass is 10.0. The van der Waals surface area contributed by atoms with E-state index in [1.807, 2.05) is 42.5 Å². The van der Waals surface area contributed by atoms with Crippen LogP contribution in [0.5, 0.6) is 17.2 Å². The van der Waals surface area contributed by atoms with E-state index in [1.165, 1.54) is 7.11 Å². The van der Waals surface area contributed by atoms with Crippen molar-refractivity contribution in [1.29, 1.82) is 5.26 Å². The van der Waals surface area contributed by atoms with E-state index in [-0.39, 0.29) is 12.4 Å². The van der Waals surface area contributed by atoms with Crippen molar-refractivity contribution in [1.82, 2.24) is 0 Å². The monoisotopic (exact) mass is 541 g/mol. The number of benzene rings is 3. The Morgan fingerprint density at radius 1 is 1.00 bits per heavy atom. The summed E-state index contributed by atoms with van der Waals surface area (Å²) in [6.07, 6.45) is 1.75. The van der Waals surface area contributed by atoms with Crippen LogP contribution in [0, 0.1) is 11.3 Å². The summed E-state index contributed by atoms with van der Waals surface area (Å²) < 4.78 is 17.9. The van der Waals surface area contributed by atoms with Crippen molar-refractivity contribution in [2.24, 2.45) is 0 Å². The van der Waals surface area contributed by atoms with Crippen LogP contribution >= 0.6 is 31.9 Å². The Morgan fingerprint density at radius 2 is 1.74 bits per heavy atom. The first kappa shape index (κ1) is 22.6. The van der Waals surface area contributed by atoms with Gasteiger partial charge in [0.1, 0.15) is 5.75 Å². The third kappa shape index (κ3) is 6.20. The molecule has 31 heavy (non-hydrogen) atoms. The predicted molar refractivity (Wildman–Crippen MR) is 126 cm³/mol. The maximum atomic E-state index is 12.2. The second-order valence-electron chi connectivity index (χ2n) is 6.28. The van der Waals surface area contributed by atoms with E-state index in [4.69, 9.17) is 14.2 Å². The van der Waals surface area contributed by atoms with Gasteiger partial charge in [-0.1, -0.05) is 52.3 Å². The van der Waals surface area contributed by atoms with Crippen LogP contribution in [0.1, 0.15) is 11.1 Å². The second-order valence-corrected chi connectivity index (χ2v) is 8.05. The van der Waals surface area contributed by atoms with Gasteiger partial charge >= 0.3 is 5.97 Å². The van der Waals surface area contributed by atoms with Crippen LogP contribution in [0.4, 0.5) is 0 Å². The molecule has 0 heterocycles. The zero-order valence-corrected chi connectivity index (χ0v) is 19.6. The molecule has 0 radical (unpaired) electrons. The van der Waals surface area contributed by atoms with Crippen molar-refractivity contribution in [3.8, 4) is 23.3 Å². The van der Waals surface area contributed by atoms with Gasteiger partial charge in [-0.25, -0.2) is 4.79 Å². The molecule has 0 aliphatic carbocycles. The molecule has 0 spiro atoms. The van der Waals surface area contributed by atoms with Crippen LogP contribution in [0.3, 0.4) is 0 Å². The molecule has 0 saturated heterocycles. The number of carbonyl (C=O) groups excluding carboxylic acids is 1. The van der Waals surface area contributed by atoms with Gasteiger partial charge < -0.3 is 14.2 Å². The van der Waals surface area contributed by atoms with Gasteiger partial charge in [0.2, 0.25) is 0 Å². The standard InChI is InChI=1S/C24H17Br2NO4/c1-29-23-12-16(11-18(14-27)17-5-3-2-4-6-17)7-9-22(23)31-24(28)15-30-21-10-8-19(25)13-20(21)26/h2-13H,15H2,1H3/b18-11+. The summed E-state index contributed by atoms with van der Waals surface area (Å²) in [7, 11) is 1.48. The number of hydrogen-bond acceptors (Lipinski definition) is 5. The predicted octanol–water partition coefficient (Wildman–Crippen LogP) is 6.27. The summed E-state index contributed by atoms with van der Waals surface area (Å²) in [6, 6.07) is 22.0. The second kappa shape index (κ2) is 10.8. The molecule has 0 bridgehead atoms. The van der Waals surface area contributed by atoms with Crippen molar-refractivity contribution in [3.05, 3.63) is 86.8 Å². The number of ether oxygens (including phenoxy) is 3. The summed E-state index contributed by atoms with van der Waals surface area (Å²) in [4.78, 5) is 12.2. The molecule has 0 atom stereocenters. The Bertz CT molecular complexity index is 1150. The highest BCUT2D eigenvalue weighted by Crippen LogP contribution is 2.31. The Kier molecular flexibility index (Phi) is 7.88. The normalized spacial score (nSPS) is 10.8. The zero-order chi connectivity index (χ0) is 22.2. The van der Waals surface area contributed by atoms with Gasteiger partial charge in [-0.05, 0) is 63.5 Å². The molecule has 0 aromatic heterocycles. The molecule has 0 fully saturated rings. The Labute approximate surface area is 197 Å². The Balaban J connectivity index is 1.71. The van der Waals surface area contributed by atoms with Crippen molar-refractivity contribution in [2.45, 2.75) is 0 Å². The van der Waals surface area contributed by atoms with Gasteiger partial charge in [0, 0.05) is 4.47 Å². The van der Waals surface area contributed by atoms with E-state index >= 15 is 0 Å². The summed E-state index contributed by atoms with van der Waals surface area (Å²) in [5.74, 6) is 0.592. The van der Waals surface area contributed by atoms with Gasteiger partial charge in [0.15, 0.2) is 18.1 Å². The van der Waals surface area contributed by atoms with Gasteiger partial charge in [-0.2, -0.15) is 5.26 Å². The molecule has 0 aliphatic heterocycles. The van der Waals surface area contributed by atoms with Crippen molar-refractivity contribution >= 4 is 49.5 Å². The van der Waals surface area contributed by atoms with Crippen LogP contribution in [0.25, 0.3) is 11.6 Å². The first-order valence-corrected chi connectivity index (χ1v) is 10.7. The largest absolute Gasteiger partial charge is 0.493 e. The lowest BCUT2D eigenvalue weighted by molar-refractivity contribution is -0.136. The molecular formula is C24H17Br2NO4. The number of nitriles is 1. The molecule has 0 aliphatic rings. The number of halogens is 2. The van der Waals surface area contributed by atoms with E-state index in [1.54, 1.807) is 30.3 Å². The minimum atomic E-state index is -0.571. The molecule has 0 saturated carbocycles. The highest BCUT2D eigenvalue weighted by molar-refractivity contribution is 9.11. The van der Waals surface area contributed by atoms with E-state index in [9.17, 15) is 10.1 Å². The molecule has 0 N–H and O–H groups in total. The van der Waals surface area contributed by atoms with Crippen molar-refractivity contribution in [3.63, 3.8) is 0 Å². The van der Waals surface area contributed by atoms with E-state index in [2.05, 4.69) is 37.9 Å². The van der Waals surface area contributed by atoms with Gasteiger partial charge in [-0.3, -0.25) is 0 Å². The van der Waals surface area contributed by atoms with Crippen molar-refractivity contribution in [2.75, 3.05) is 13.7 Å². The fraction of sp³-hybridized carbons (Fsp3) is 0.0833. The average molecular weight is 543 g/mol. The number of rotatable bonds is 7. The summed E-state index contributed by atoms with van der Waals surface area (Å²) in [6.45, 7) is -0.266. The summed E-state index contributed by atoms with van der Waals surface area (Å²) in [5, 5.41) is 9.49. The van der Waals surface area contributed by atoms with E-state index in [0.717, 1.165) is 20.1 Å². The minimum Gasteiger partial charge on any atom is -0.493 e. The quantitative estimate of drug-likeness (QED) is 0.152. The molecular weight excluding hydrogens is 526 g/mol. The third-order valence-corrected chi connectivity index (χ3v) is 5.28. The molecule has 0 unspecified atom stereocenters. The van der Waals surface area contributed by atoms with Crippen LogP contribution < -0.4 is 14.2 Å². The molecule has 156 valence electrons. The first-order valence-electron chi connectivity index (χ1n) is 9.14. The van der Waals surface area contributed by atoms with Gasteiger partial charge in [0.25, 0.3) is 0 Å². The highest BCUT2D eigenvalue weighted by atomic mass is 79.9. The fourth-order valence-corrected chi connectivity index (χ4v) is 3.87. The van der Waals surface area contributed by atoms with Crippen LogP contribution in [0.2, 0.25) is 0 Å². The minimum absolute atomic E-state index is 0.265. The molecule has 0 amide bonds.